The fourth-order valence-corrected chi connectivity index (χ4v) is 3.91. The third-order valence-corrected chi connectivity index (χ3v) is 5.08. The monoisotopic (exact) mass is 358 g/mol. The Balaban J connectivity index is 1.57. The second kappa shape index (κ2) is 6.97. The van der Waals surface area contributed by atoms with Crippen LogP contribution in [0.2, 0.25) is 0 Å². The molecule has 0 bridgehead atoms. The minimum atomic E-state index is -0.660. The molecule has 1 aromatic carbocycles. The number of hydrogen-bond acceptors (Lipinski definition) is 4. The first-order valence-corrected chi connectivity index (χ1v) is 8.95. The van der Waals surface area contributed by atoms with E-state index in [-0.39, 0.29) is 17.5 Å². The van der Waals surface area contributed by atoms with E-state index >= 15 is 0 Å². The first-order chi connectivity index (χ1) is 12.6. The molecule has 5 nitrogen and oxygen atoms in total. The van der Waals surface area contributed by atoms with Gasteiger partial charge in [0.1, 0.15) is 11.6 Å². The van der Waals surface area contributed by atoms with Gasteiger partial charge in [0.05, 0.1) is 11.6 Å². The smallest absolute Gasteiger partial charge is 0.231 e. The Morgan fingerprint density at radius 3 is 2.73 bits per heavy atom. The average molecular weight is 358 g/mol. The Bertz CT molecular complexity index is 815. The normalized spacial score (nSPS) is 20.0. The number of fused-ring (bicyclic) bond motifs is 1. The van der Waals surface area contributed by atoms with Crippen molar-refractivity contribution in [3.8, 4) is 0 Å². The summed E-state index contributed by atoms with van der Waals surface area (Å²) in [5.41, 5.74) is 0.817. The van der Waals surface area contributed by atoms with Crippen LogP contribution in [0.15, 0.2) is 30.6 Å². The zero-order valence-corrected chi connectivity index (χ0v) is 14.4. The molecule has 7 heteroatoms. The molecule has 2 aromatic rings. The molecule has 0 unspecified atom stereocenters. The molecule has 0 N–H and O–H groups in total. The van der Waals surface area contributed by atoms with E-state index < -0.39 is 11.6 Å². The van der Waals surface area contributed by atoms with Gasteiger partial charge in [0, 0.05) is 38.1 Å². The number of carbonyl (C=O) groups excluding carboxylic acids is 1. The summed E-state index contributed by atoms with van der Waals surface area (Å²) in [5, 5.41) is 0. The van der Waals surface area contributed by atoms with E-state index in [1.54, 1.807) is 18.5 Å². The molecule has 4 rings (SSSR count). The van der Waals surface area contributed by atoms with Crippen molar-refractivity contribution < 1.29 is 13.6 Å². The number of piperidine rings is 1. The van der Waals surface area contributed by atoms with Gasteiger partial charge in [0.2, 0.25) is 11.9 Å². The van der Waals surface area contributed by atoms with Crippen molar-refractivity contribution >= 4 is 17.5 Å². The van der Waals surface area contributed by atoms with Crippen molar-refractivity contribution in [1.29, 1.82) is 0 Å². The summed E-state index contributed by atoms with van der Waals surface area (Å²) in [6.07, 6.45) is 6.25. The molecule has 3 heterocycles. The standard InChI is InChI=1S/C19H20F2N4O/c20-15-10-13-4-2-9-25(17(13)16(21)11-15)18(26)14-5-1-8-24(12-14)19-22-6-3-7-23-19/h3,6-7,10-11,14H,1-2,4-5,8-9,12H2/t14-/m0/s1. The Labute approximate surface area is 150 Å². The van der Waals surface area contributed by atoms with E-state index in [0.29, 0.717) is 37.4 Å². The minimum Gasteiger partial charge on any atom is -0.340 e. The van der Waals surface area contributed by atoms with Crippen LogP contribution in [0.1, 0.15) is 24.8 Å². The van der Waals surface area contributed by atoms with Gasteiger partial charge >= 0.3 is 0 Å². The molecule has 1 fully saturated rings. The first-order valence-electron chi connectivity index (χ1n) is 8.95. The van der Waals surface area contributed by atoms with Crippen LogP contribution in [0.3, 0.4) is 0 Å². The fourth-order valence-electron chi connectivity index (χ4n) is 3.91. The highest BCUT2D eigenvalue weighted by atomic mass is 19.1. The molecular weight excluding hydrogens is 338 g/mol. The van der Waals surface area contributed by atoms with Gasteiger partial charge in [0.25, 0.3) is 0 Å². The van der Waals surface area contributed by atoms with E-state index in [0.717, 1.165) is 25.5 Å². The van der Waals surface area contributed by atoms with Crippen LogP contribution in [-0.2, 0) is 11.2 Å². The van der Waals surface area contributed by atoms with Crippen LogP contribution < -0.4 is 9.80 Å². The van der Waals surface area contributed by atoms with Crippen molar-refractivity contribution in [2.24, 2.45) is 5.92 Å². The number of anilines is 2. The number of hydrogen-bond donors (Lipinski definition) is 0. The molecule has 1 aromatic heterocycles. The van der Waals surface area contributed by atoms with Crippen molar-refractivity contribution in [1.82, 2.24) is 9.97 Å². The first kappa shape index (κ1) is 16.9. The van der Waals surface area contributed by atoms with E-state index in [9.17, 15) is 13.6 Å². The van der Waals surface area contributed by atoms with Crippen LogP contribution in [0.25, 0.3) is 0 Å². The number of halogens is 2. The topological polar surface area (TPSA) is 49.3 Å². The maximum Gasteiger partial charge on any atom is 0.231 e. The molecule has 136 valence electrons. The Morgan fingerprint density at radius 2 is 1.92 bits per heavy atom. The average Bonchev–Trinajstić information content (AvgIpc) is 2.67. The molecule has 26 heavy (non-hydrogen) atoms. The Kier molecular flexibility index (Phi) is 4.53. The summed E-state index contributed by atoms with van der Waals surface area (Å²) in [5.74, 6) is -0.995. The highest BCUT2D eigenvalue weighted by Gasteiger charge is 2.34. The number of carbonyl (C=O) groups is 1. The summed E-state index contributed by atoms with van der Waals surface area (Å²) in [4.78, 5) is 25.1. The summed E-state index contributed by atoms with van der Waals surface area (Å²) in [7, 11) is 0. The van der Waals surface area contributed by atoms with Crippen LogP contribution in [0.5, 0.6) is 0 Å². The van der Waals surface area contributed by atoms with E-state index in [4.69, 9.17) is 0 Å². The molecule has 1 atom stereocenters. The number of rotatable bonds is 2. The largest absolute Gasteiger partial charge is 0.340 e. The summed E-state index contributed by atoms with van der Waals surface area (Å²) in [6.45, 7) is 1.77. The molecule has 0 spiro atoms. The summed E-state index contributed by atoms with van der Waals surface area (Å²) < 4.78 is 27.9. The SMILES string of the molecule is O=C([C@H]1CCCN(c2ncccn2)C1)N1CCCc2cc(F)cc(F)c21. The number of amides is 1. The van der Waals surface area contributed by atoms with Crippen molar-refractivity contribution in [3.63, 3.8) is 0 Å². The highest BCUT2D eigenvalue weighted by Crippen LogP contribution is 2.33. The van der Waals surface area contributed by atoms with E-state index in [1.807, 2.05) is 4.90 Å². The lowest BCUT2D eigenvalue weighted by Gasteiger charge is -2.37. The van der Waals surface area contributed by atoms with Gasteiger partial charge in [-0.3, -0.25) is 4.79 Å². The molecule has 1 amide bonds. The van der Waals surface area contributed by atoms with E-state index in [1.165, 1.54) is 11.0 Å². The third-order valence-electron chi connectivity index (χ3n) is 5.08. The van der Waals surface area contributed by atoms with Gasteiger partial charge in [-0.05, 0) is 43.4 Å². The van der Waals surface area contributed by atoms with E-state index in [2.05, 4.69) is 9.97 Å². The number of benzene rings is 1. The summed E-state index contributed by atoms with van der Waals surface area (Å²) in [6, 6.07) is 3.95. The zero-order valence-electron chi connectivity index (χ0n) is 14.4. The molecule has 2 aliphatic rings. The fraction of sp³-hybridized carbons (Fsp3) is 0.421. The molecule has 2 aliphatic heterocycles. The van der Waals surface area contributed by atoms with Gasteiger partial charge in [-0.15, -0.1) is 0 Å². The lowest BCUT2D eigenvalue weighted by molar-refractivity contribution is -0.122. The highest BCUT2D eigenvalue weighted by molar-refractivity contribution is 5.96. The van der Waals surface area contributed by atoms with Crippen LogP contribution in [0, 0.1) is 17.6 Å². The molecular formula is C19H20F2N4O. The third kappa shape index (κ3) is 3.13. The van der Waals surface area contributed by atoms with Crippen LogP contribution in [-0.4, -0.2) is 35.5 Å². The Hall–Kier alpha value is -2.57. The van der Waals surface area contributed by atoms with Crippen molar-refractivity contribution in [3.05, 3.63) is 47.8 Å². The predicted octanol–water partition coefficient (Wildman–Crippen LogP) is 2.95. The van der Waals surface area contributed by atoms with Crippen molar-refractivity contribution in [2.45, 2.75) is 25.7 Å². The Morgan fingerprint density at radius 1 is 1.12 bits per heavy atom. The maximum atomic E-state index is 14.4. The number of aromatic nitrogens is 2. The molecule has 0 aliphatic carbocycles. The lowest BCUT2D eigenvalue weighted by atomic mass is 9.94. The second-order valence-corrected chi connectivity index (χ2v) is 6.82. The van der Waals surface area contributed by atoms with Gasteiger partial charge in [-0.1, -0.05) is 0 Å². The van der Waals surface area contributed by atoms with Gasteiger partial charge in [0.15, 0.2) is 0 Å². The molecule has 0 saturated carbocycles. The minimum absolute atomic E-state index is 0.0999. The maximum absolute atomic E-state index is 14.4. The second-order valence-electron chi connectivity index (χ2n) is 6.82. The van der Waals surface area contributed by atoms with Gasteiger partial charge in [-0.25, -0.2) is 18.7 Å². The molecule has 0 radical (unpaired) electrons. The number of nitrogens with zero attached hydrogens (tertiary/aromatic N) is 4. The van der Waals surface area contributed by atoms with Crippen LogP contribution in [0.4, 0.5) is 20.4 Å². The molecule has 1 saturated heterocycles. The van der Waals surface area contributed by atoms with Crippen LogP contribution >= 0.6 is 0 Å². The van der Waals surface area contributed by atoms with Gasteiger partial charge < -0.3 is 9.80 Å². The quantitative estimate of drug-likeness (QED) is 0.828. The lowest BCUT2D eigenvalue weighted by Crippen LogP contribution is -2.47. The zero-order chi connectivity index (χ0) is 18.1. The van der Waals surface area contributed by atoms with Gasteiger partial charge in [-0.2, -0.15) is 0 Å². The number of aryl methyl sites for hydroxylation is 1. The summed E-state index contributed by atoms with van der Waals surface area (Å²) >= 11 is 0. The van der Waals surface area contributed by atoms with Crippen molar-refractivity contribution in [2.75, 3.05) is 29.4 Å². The predicted molar refractivity (Wildman–Crippen MR) is 94.0 cm³/mol.